The maximum absolute atomic E-state index is 12.1. The van der Waals surface area contributed by atoms with Gasteiger partial charge in [0, 0.05) is 42.0 Å². The summed E-state index contributed by atoms with van der Waals surface area (Å²) in [5.41, 5.74) is 10.8. The summed E-state index contributed by atoms with van der Waals surface area (Å²) < 4.78 is 0. The monoisotopic (exact) mass is 390 g/mol. The van der Waals surface area contributed by atoms with Crippen LogP contribution in [0.2, 0.25) is 0 Å². The molecule has 0 aliphatic heterocycles. The SMILES string of the molecule is CCc1c(-c2ccc(C(=O)NCCC=O)nc2)cnc(N)c1-c1ccc(O)cc1. The van der Waals surface area contributed by atoms with Crippen LogP contribution in [-0.4, -0.2) is 33.8 Å². The van der Waals surface area contributed by atoms with E-state index >= 15 is 0 Å². The van der Waals surface area contributed by atoms with Gasteiger partial charge in [-0.1, -0.05) is 25.1 Å². The van der Waals surface area contributed by atoms with Crippen LogP contribution in [-0.2, 0) is 11.2 Å². The summed E-state index contributed by atoms with van der Waals surface area (Å²) in [5, 5.41) is 12.2. The number of pyridine rings is 2. The molecule has 1 aromatic carbocycles. The number of carbonyl (C=O) groups excluding carboxylic acids is 2. The number of carbonyl (C=O) groups is 2. The number of rotatable bonds is 7. The molecule has 0 radical (unpaired) electrons. The number of benzene rings is 1. The van der Waals surface area contributed by atoms with Crippen molar-refractivity contribution in [3.63, 3.8) is 0 Å². The number of amides is 1. The van der Waals surface area contributed by atoms with Gasteiger partial charge in [-0.2, -0.15) is 0 Å². The number of aldehydes is 1. The van der Waals surface area contributed by atoms with Crippen LogP contribution in [0.5, 0.6) is 5.75 Å². The number of phenols is 1. The van der Waals surface area contributed by atoms with Crippen molar-refractivity contribution in [3.05, 3.63) is 60.0 Å². The Labute approximate surface area is 168 Å². The minimum Gasteiger partial charge on any atom is -0.508 e. The van der Waals surface area contributed by atoms with Gasteiger partial charge in [-0.05, 0) is 35.7 Å². The molecule has 1 amide bonds. The number of nitrogens with two attached hydrogens (primary N) is 1. The highest BCUT2D eigenvalue weighted by Crippen LogP contribution is 2.36. The van der Waals surface area contributed by atoms with Gasteiger partial charge in [0.1, 0.15) is 23.5 Å². The first-order valence-corrected chi connectivity index (χ1v) is 9.30. The van der Waals surface area contributed by atoms with E-state index in [1.165, 1.54) is 0 Å². The summed E-state index contributed by atoms with van der Waals surface area (Å²) in [6.07, 6.45) is 5.07. The number of anilines is 1. The van der Waals surface area contributed by atoms with E-state index in [-0.39, 0.29) is 30.3 Å². The summed E-state index contributed by atoms with van der Waals surface area (Å²) in [7, 11) is 0. The lowest BCUT2D eigenvalue weighted by molar-refractivity contribution is -0.107. The second-order valence-corrected chi connectivity index (χ2v) is 6.45. The second kappa shape index (κ2) is 8.97. The number of aromatic hydroxyl groups is 1. The van der Waals surface area contributed by atoms with Gasteiger partial charge in [0.15, 0.2) is 0 Å². The van der Waals surface area contributed by atoms with Gasteiger partial charge in [-0.3, -0.25) is 9.78 Å². The van der Waals surface area contributed by atoms with Gasteiger partial charge >= 0.3 is 0 Å². The topological polar surface area (TPSA) is 118 Å². The standard InChI is InChI=1S/C22H22N4O3/c1-2-17-18(13-26-21(23)20(17)14-4-7-16(28)8-5-14)15-6-9-19(25-12-15)22(29)24-10-3-11-27/h4-9,11-13,28H,2-3,10H2,1H3,(H2,23,26)(H,24,29). The smallest absolute Gasteiger partial charge is 0.269 e. The van der Waals surface area contributed by atoms with E-state index in [1.807, 2.05) is 13.0 Å². The molecular weight excluding hydrogens is 368 g/mol. The Balaban J connectivity index is 1.96. The Bertz CT molecular complexity index is 1020. The first kappa shape index (κ1) is 20.0. The number of nitrogens with zero attached hydrogens (tertiary/aromatic N) is 2. The first-order chi connectivity index (χ1) is 14.0. The lowest BCUT2D eigenvalue weighted by Crippen LogP contribution is -2.25. The molecule has 0 bridgehead atoms. The molecule has 0 spiro atoms. The molecule has 3 aromatic rings. The zero-order chi connectivity index (χ0) is 20.8. The summed E-state index contributed by atoms with van der Waals surface area (Å²) in [6.45, 7) is 2.31. The maximum atomic E-state index is 12.1. The van der Waals surface area contributed by atoms with Crippen molar-refractivity contribution in [2.75, 3.05) is 12.3 Å². The Morgan fingerprint density at radius 2 is 1.83 bits per heavy atom. The molecule has 0 atom stereocenters. The molecule has 0 saturated carbocycles. The van der Waals surface area contributed by atoms with Crippen molar-refractivity contribution < 1.29 is 14.7 Å². The summed E-state index contributed by atoms with van der Waals surface area (Å²) >= 11 is 0. The van der Waals surface area contributed by atoms with Gasteiger partial charge in [-0.25, -0.2) is 4.98 Å². The van der Waals surface area contributed by atoms with E-state index in [0.717, 1.165) is 34.1 Å². The van der Waals surface area contributed by atoms with Gasteiger partial charge in [0.2, 0.25) is 0 Å². The van der Waals surface area contributed by atoms with Crippen molar-refractivity contribution in [2.24, 2.45) is 0 Å². The number of nitrogens with one attached hydrogen (secondary N) is 1. The quantitative estimate of drug-likeness (QED) is 0.422. The van der Waals surface area contributed by atoms with E-state index in [0.29, 0.717) is 12.2 Å². The molecule has 2 aromatic heterocycles. The third kappa shape index (κ3) is 4.40. The van der Waals surface area contributed by atoms with Gasteiger partial charge in [0.05, 0.1) is 0 Å². The van der Waals surface area contributed by atoms with Gasteiger partial charge in [0.25, 0.3) is 5.91 Å². The summed E-state index contributed by atoms with van der Waals surface area (Å²) in [5.74, 6) is 0.269. The molecule has 0 saturated heterocycles. The fraction of sp³-hybridized carbons (Fsp3) is 0.182. The Morgan fingerprint density at radius 3 is 2.45 bits per heavy atom. The molecule has 0 aliphatic carbocycles. The minimum absolute atomic E-state index is 0.181. The summed E-state index contributed by atoms with van der Waals surface area (Å²) in [6, 6.07) is 10.3. The highest BCUT2D eigenvalue weighted by atomic mass is 16.3. The number of hydrogen-bond acceptors (Lipinski definition) is 6. The molecular formula is C22H22N4O3. The molecule has 3 rings (SSSR count). The normalized spacial score (nSPS) is 10.5. The number of hydrogen-bond donors (Lipinski definition) is 3. The summed E-state index contributed by atoms with van der Waals surface area (Å²) in [4.78, 5) is 31.0. The Hall–Kier alpha value is -3.74. The van der Waals surface area contributed by atoms with Crippen molar-refractivity contribution in [3.8, 4) is 28.0 Å². The van der Waals surface area contributed by atoms with Crippen LogP contribution in [0, 0.1) is 0 Å². The zero-order valence-corrected chi connectivity index (χ0v) is 16.1. The molecule has 4 N–H and O–H groups in total. The van der Waals surface area contributed by atoms with Crippen LogP contribution in [0.15, 0.2) is 48.8 Å². The Morgan fingerprint density at radius 1 is 1.10 bits per heavy atom. The van der Waals surface area contributed by atoms with Gasteiger partial charge in [-0.15, -0.1) is 0 Å². The lowest BCUT2D eigenvalue weighted by Gasteiger charge is -2.16. The van der Waals surface area contributed by atoms with Crippen LogP contribution in [0.1, 0.15) is 29.4 Å². The van der Waals surface area contributed by atoms with Crippen molar-refractivity contribution in [1.29, 1.82) is 0 Å². The predicted octanol–water partition coefficient (Wildman–Crippen LogP) is 2.98. The second-order valence-electron chi connectivity index (χ2n) is 6.45. The maximum Gasteiger partial charge on any atom is 0.269 e. The zero-order valence-electron chi connectivity index (χ0n) is 16.1. The molecule has 29 heavy (non-hydrogen) atoms. The van der Waals surface area contributed by atoms with Gasteiger partial charge < -0.3 is 21.0 Å². The molecule has 7 nitrogen and oxygen atoms in total. The number of nitrogen functional groups attached to an aromatic ring is 1. The Kier molecular flexibility index (Phi) is 6.19. The van der Waals surface area contributed by atoms with E-state index < -0.39 is 0 Å². The third-order valence-corrected chi connectivity index (χ3v) is 4.58. The molecule has 0 fully saturated rings. The van der Waals surface area contributed by atoms with Crippen LogP contribution in [0.4, 0.5) is 5.82 Å². The number of aromatic nitrogens is 2. The average Bonchev–Trinajstić information content (AvgIpc) is 2.74. The van der Waals surface area contributed by atoms with Crippen molar-refractivity contribution >= 4 is 18.0 Å². The molecule has 0 unspecified atom stereocenters. The third-order valence-electron chi connectivity index (χ3n) is 4.58. The van der Waals surface area contributed by atoms with Crippen molar-refractivity contribution in [1.82, 2.24) is 15.3 Å². The van der Waals surface area contributed by atoms with E-state index in [2.05, 4.69) is 15.3 Å². The van der Waals surface area contributed by atoms with E-state index in [4.69, 9.17) is 5.73 Å². The molecule has 0 aliphatic rings. The largest absolute Gasteiger partial charge is 0.508 e. The lowest BCUT2D eigenvalue weighted by atomic mass is 9.92. The van der Waals surface area contributed by atoms with Crippen molar-refractivity contribution in [2.45, 2.75) is 19.8 Å². The van der Waals surface area contributed by atoms with Crippen LogP contribution < -0.4 is 11.1 Å². The highest BCUT2D eigenvalue weighted by molar-refractivity contribution is 5.93. The molecule has 148 valence electrons. The van der Waals surface area contributed by atoms with Crippen LogP contribution in [0.3, 0.4) is 0 Å². The molecule has 7 heteroatoms. The fourth-order valence-corrected chi connectivity index (χ4v) is 3.15. The van der Waals surface area contributed by atoms with Crippen LogP contribution in [0.25, 0.3) is 22.3 Å². The fourth-order valence-electron chi connectivity index (χ4n) is 3.15. The minimum atomic E-state index is -0.325. The van der Waals surface area contributed by atoms with E-state index in [9.17, 15) is 14.7 Å². The average molecular weight is 390 g/mol. The number of phenolic OH excluding ortho intramolecular Hbond substituents is 1. The first-order valence-electron chi connectivity index (χ1n) is 9.30. The predicted molar refractivity (Wildman–Crippen MR) is 111 cm³/mol. The van der Waals surface area contributed by atoms with E-state index in [1.54, 1.807) is 42.7 Å². The highest BCUT2D eigenvalue weighted by Gasteiger charge is 2.16. The molecule has 2 heterocycles. The van der Waals surface area contributed by atoms with Crippen LogP contribution >= 0.6 is 0 Å².